The molecule has 0 saturated carbocycles. The predicted octanol–water partition coefficient (Wildman–Crippen LogP) is 3.20. The Kier molecular flexibility index (Phi) is 4.89. The number of hydrogen-bond acceptors (Lipinski definition) is 3. The van der Waals surface area contributed by atoms with Crippen LogP contribution < -0.4 is 10.9 Å². The molecule has 1 aromatic heterocycles. The quantitative estimate of drug-likeness (QED) is 0.787. The molecule has 5 heteroatoms. The van der Waals surface area contributed by atoms with Gasteiger partial charge < -0.3 is 5.32 Å². The van der Waals surface area contributed by atoms with E-state index in [1.54, 1.807) is 18.2 Å². The summed E-state index contributed by atoms with van der Waals surface area (Å²) in [5, 5.41) is 3.50. The minimum absolute atomic E-state index is 0.0507. The molecule has 3 aromatic rings. The van der Waals surface area contributed by atoms with E-state index in [4.69, 9.17) is 0 Å². The largest absolute Gasteiger partial charge is 0.348 e. The monoisotopic (exact) mass is 349 g/mol. The Labute approximate surface area is 152 Å². The first-order valence-corrected chi connectivity index (χ1v) is 8.68. The molecule has 0 aliphatic heterocycles. The summed E-state index contributed by atoms with van der Waals surface area (Å²) >= 11 is 0. The lowest BCUT2D eigenvalue weighted by Gasteiger charge is -2.19. The van der Waals surface area contributed by atoms with Crippen molar-refractivity contribution in [2.75, 3.05) is 0 Å². The summed E-state index contributed by atoms with van der Waals surface area (Å²) in [7, 11) is 0. The van der Waals surface area contributed by atoms with Crippen molar-refractivity contribution in [2.45, 2.75) is 40.3 Å². The van der Waals surface area contributed by atoms with Crippen LogP contribution in [0.1, 0.15) is 35.2 Å². The molecule has 1 amide bonds. The van der Waals surface area contributed by atoms with Gasteiger partial charge in [0, 0.05) is 0 Å². The van der Waals surface area contributed by atoms with Crippen molar-refractivity contribution in [3.05, 3.63) is 75.3 Å². The smallest absolute Gasteiger partial charge is 0.261 e. The van der Waals surface area contributed by atoms with E-state index in [0.29, 0.717) is 10.9 Å². The molecule has 1 atom stereocenters. The highest BCUT2D eigenvalue weighted by atomic mass is 16.2. The Morgan fingerprint density at radius 1 is 1.12 bits per heavy atom. The summed E-state index contributed by atoms with van der Waals surface area (Å²) in [4.78, 5) is 29.2. The second-order valence-electron chi connectivity index (χ2n) is 6.78. The van der Waals surface area contributed by atoms with Gasteiger partial charge in [-0.15, -0.1) is 0 Å². The molecule has 0 radical (unpaired) electrons. The van der Waals surface area contributed by atoms with Crippen LogP contribution in [0.25, 0.3) is 10.9 Å². The number of carbonyl (C=O) groups excluding carboxylic acids is 1. The lowest BCUT2D eigenvalue weighted by atomic mass is 9.96. The Bertz CT molecular complexity index is 1040. The zero-order valence-electron chi connectivity index (χ0n) is 15.5. The van der Waals surface area contributed by atoms with E-state index in [9.17, 15) is 9.59 Å². The number of carbonyl (C=O) groups is 1. The number of nitrogens with one attached hydrogen (secondary N) is 1. The second-order valence-corrected chi connectivity index (χ2v) is 6.78. The van der Waals surface area contributed by atoms with Crippen LogP contribution in [0.2, 0.25) is 0 Å². The Balaban J connectivity index is 1.78. The topological polar surface area (TPSA) is 64.0 Å². The van der Waals surface area contributed by atoms with E-state index in [2.05, 4.69) is 36.3 Å². The summed E-state index contributed by atoms with van der Waals surface area (Å²) in [5.74, 6) is -0.214. The normalized spacial score (nSPS) is 12.2. The van der Waals surface area contributed by atoms with Crippen molar-refractivity contribution in [3.8, 4) is 0 Å². The van der Waals surface area contributed by atoms with E-state index >= 15 is 0 Å². The van der Waals surface area contributed by atoms with E-state index in [0.717, 1.165) is 11.1 Å². The highest BCUT2D eigenvalue weighted by Gasteiger charge is 2.14. The van der Waals surface area contributed by atoms with Crippen LogP contribution in [-0.2, 0) is 11.3 Å². The third-order valence-electron chi connectivity index (χ3n) is 4.77. The summed E-state index contributed by atoms with van der Waals surface area (Å²) in [6.07, 6.45) is 1.43. The zero-order valence-corrected chi connectivity index (χ0v) is 15.5. The van der Waals surface area contributed by atoms with E-state index in [1.165, 1.54) is 22.0 Å². The highest BCUT2D eigenvalue weighted by molar-refractivity contribution is 5.79. The summed E-state index contributed by atoms with van der Waals surface area (Å²) in [6.45, 7) is 8.09. The SMILES string of the molecule is Cc1cc(C)c([C@H](C)NC(=O)Cn2cnc3ccccc3c2=O)cc1C. The Morgan fingerprint density at radius 2 is 1.81 bits per heavy atom. The number of aromatic nitrogens is 2. The number of fused-ring (bicyclic) bond motifs is 1. The lowest BCUT2D eigenvalue weighted by molar-refractivity contribution is -0.122. The second kappa shape index (κ2) is 7.12. The molecule has 26 heavy (non-hydrogen) atoms. The van der Waals surface area contributed by atoms with Gasteiger partial charge in [0.2, 0.25) is 5.91 Å². The fourth-order valence-corrected chi connectivity index (χ4v) is 3.19. The number of nitrogens with zero attached hydrogens (tertiary/aromatic N) is 2. The van der Waals surface area contributed by atoms with Gasteiger partial charge in [0.25, 0.3) is 5.56 Å². The first-order valence-electron chi connectivity index (χ1n) is 8.68. The molecule has 5 nitrogen and oxygen atoms in total. The van der Waals surface area contributed by atoms with Gasteiger partial charge in [-0.1, -0.05) is 24.3 Å². The van der Waals surface area contributed by atoms with Crippen LogP contribution in [0.5, 0.6) is 0 Å². The zero-order chi connectivity index (χ0) is 18.8. The van der Waals surface area contributed by atoms with Crippen molar-refractivity contribution in [1.29, 1.82) is 0 Å². The van der Waals surface area contributed by atoms with E-state index < -0.39 is 0 Å². The Morgan fingerprint density at radius 3 is 2.58 bits per heavy atom. The number of amides is 1. The van der Waals surface area contributed by atoms with Gasteiger partial charge in [-0.25, -0.2) is 4.98 Å². The van der Waals surface area contributed by atoms with Crippen molar-refractivity contribution < 1.29 is 4.79 Å². The average molecular weight is 349 g/mol. The van der Waals surface area contributed by atoms with Gasteiger partial charge in [-0.3, -0.25) is 14.2 Å². The minimum atomic E-state index is -0.214. The van der Waals surface area contributed by atoms with Crippen LogP contribution in [0.15, 0.2) is 47.5 Å². The number of benzene rings is 2. The van der Waals surface area contributed by atoms with Crippen LogP contribution in [-0.4, -0.2) is 15.5 Å². The molecule has 0 fully saturated rings. The fourth-order valence-electron chi connectivity index (χ4n) is 3.19. The van der Waals surface area contributed by atoms with Crippen LogP contribution >= 0.6 is 0 Å². The first-order chi connectivity index (χ1) is 12.4. The maximum atomic E-state index is 12.5. The molecule has 1 heterocycles. The van der Waals surface area contributed by atoms with Crippen molar-refractivity contribution in [2.24, 2.45) is 0 Å². The van der Waals surface area contributed by atoms with Crippen molar-refractivity contribution >= 4 is 16.8 Å². The van der Waals surface area contributed by atoms with Crippen molar-refractivity contribution in [3.63, 3.8) is 0 Å². The van der Waals surface area contributed by atoms with Gasteiger partial charge >= 0.3 is 0 Å². The van der Waals surface area contributed by atoms with Gasteiger partial charge in [0.15, 0.2) is 0 Å². The minimum Gasteiger partial charge on any atom is -0.348 e. The van der Waals surface area contributed by atoms with Gasteiger partial charge in [-0.2, -0.15) is 0 Å². The van der Waals surface area contributed by atoms with Crippen molar-refractivity contribution in [1.82, 2.24) is 14.9 Å². The van der Waals surface area contributed by atoms with Gasteiger partial charge in [0.05, 0.1) is 23.3 Å². The molecule has 134 valence electrons. The number of rotatable bonds is 4. The lowest BCUT2D eigenvalue weighted by Crippen LogP contribution is -2.34. The summed E-state index contributed by atoms with van der Waals surface area (Å²) < 4.78 is 1.34. The van der Waals surface area contributed by atoms with E-state index in [-0.39, 0.29) is 24.1 Å². The fraction of sp³-hybridized carbons (Fsp3) is 0.286. The molecule has 0 bridgehead atoms. The number of para-hydroxylation sites is 1. The third-order valence-corrected chi connectivity index (χ3v) is 4.77. The Hall–Kier alpha value is -2.95. The first kappa shape index (κ1) is 17.9. The maximum absolute atomic E-state index is 12.5. The third kappa shape index (κ3) is 3.52. The molecule has 0 aliphatic rings. The van der Waals surface area contributed by atoms with Gasteiger partial charge in [-0.05, 0) is 62.1 Å². The molecular weight excluding hydrogens is 326 g/mol. The maximum Gasteiger partial charge on any atom is 0.261 e. The summed E-state index contributed by atoms with van der Waals surface area (Å²) in [5.41, 5.74) is 5.09. The van der Waals surface area contributed by atoms with E-state index in [1.807, 2.05) is 19.9 Å². The molecule has 2 aromatic carbocycles. The number of aryl methyl sites for hydroxylation is 3. The van der Waals surface area contributed by atoms with Crippen LogP contribution in [0.4, 0.5) is 0 Å². The highest BCUT2D eigenvalue weighted by Crippen LogP contribution is 2.21. The van der Waals surface area contributed by atoms with Crippen LogP contribution in [0, 0.1) is 20.8 Å². The predicted molar refractivity (Wildman–Crippen MR) is 103 cm³/mol. The molecule has 0 unspecified atom stereocenters. The van der Waals surface area contributed by atoms with Crippen LogP contribution in [0.3, 0.4) is 0 Å². The molecule has 0 saturated heterocycles. The van der Waals surface area contributed by atoms with Gasteiger partial charge in [0.1, 0.15) is 6.54 Å². The molecule has 0 aliphatic carbocycles. The molecule has 0 spiro atoms. The standard InChI is InChI=1S/C21H23N3O2/c1-13-9-15(3)18(10-14(13)2)16(4)23-20(25)11-24-12-22-19-8-6-5-7-17(19)21(24)26/h5-10,12,16H,11H2,1-4H3,(H,23,25)/t16-/m0/s1. The number of hydrogen-bond donors (Lipinski definition) is 1. The molecule has 1 N–H and O–H groups in total. The summed E-state index contributed by atoms with van der Waals surface area (Å²) in [6, 6.07) is 11.2. The average Bonchev–Trinajstić information content (AvgIpc) is 2.60. The molecule has 3 rings (SSSR count). The molecular formula is C21H23N3O2.